The molecule has 416 valence electrons. The lowest BCUT2D eigenvalue weighted by Gasteiger charge is -2.06. The summed E-state index contributed by atoms with van der Waals surface area (Å²) < 4.78 is 5.50. The maximum absolute atomic E-state index is 12.3. The van der Waals surface area contributed by atoms with Gasteiger partial charge in [0.2, 0.25) is 0 Å². The van der Waals surface area contributed by atoms with Gasteiger partial charge in [-0.3, -0.25) is 14.4 Å². The van der Waals surface area contributed by atoms with Gasteiger partial charge in [-0.2, -0.15) is 0 Å². The molecule has 0 aromatic rings. The minimum atomic E-state index is -0.0146. The molecule has 0 saturated carbocycles. The molecule has 0 aromatic carbocycles. The molecule has 0 heterocycles. The van der Waals surface area contributed by atoms with E-state index >= 15 is 0 Å². The molecule has 0 aliphatic heterocycles. The van der Waals surface area contributed by atoms with Gasteiger partial charge in [-0.25, -0.2) is 0 Å². The first-order chi connectivity index (χ1) is 34.6. The van der Waals surface area contributed by atoms with E-state index in [1.54, 1.807) is 0 Å². The van der Waals surface area contributed by atoms with Crippen LogP contribution in [-0.2, 0) is 19.1 Å². The summed E-state index contributed by atoms with van der Waals surface area (Å²) in [5, 5.41) is 0. The number of ether oxygens (including phenoxy) is 1. The van der Waals surface area contributed by atoms with Gasteiger partial charge in [0.05, 0.1) is 6.61 Å². The minimum Gasteiger partial charge on any atom is -0.466 e. The summed E-state index contributed by atoms with van der Waals surface area (Å²) in [6, 6.07) is 0. The molecule has 0 saturated heterocycles. The average molecular weight is 986 g/mol. The molecule has 0 aliphatic carbocycles. The third kappa shape index (κ3) is 61.1. The van der Waals surface area contributed by atoms with E-state index < -0.39 is 0 Å². The summed E-state index contributed by atoms with van der Waals surface area (Å²) in [6.07, 6.45) is 76.6. The fraction of sp³-hybridized carbons (Fsp3) is 0.955. The minimum absolute atomic E-state index is 0.0146. The Hall–Kier alpha value is -1.19. The highest BCUT2D eigenvalue weighted by Crippen LogP contribution is 2.19. The van der Waals surface area contributed by atoms with Crippen molar-refractivity contribution in [2.24, 2.45) is 0 Å². The summed E-state index contributed by atoms with van der Waals surface area (Å²) >= 11 is 0. The molecule has 0 amide bonds. The number of ketones is 2. The maximum atomic E-state index is 12.3. The number of rotatable bonds is 63. The van der Waals surface area contributed by atoms with Crippen molar-refractivity contribution >= 4 is 17.5 Å². The van der Waals surface area contributed by atoms with E-state index in [1.165, 1.54) is 308 Å². The van der Waals surface area contributed by atoms with Gasteiger partial charge in [0, 0.05) is 32.1 Å². The lowest BCUT2D eigenvalue weighted by molar-refractivity contribution is -0.144. The van der Waals surface area contributed by atoms with Crippen molar-refractivity contribution in [1.29, 1.82) is 0 Å². The van der Waals surface area contributed by atoms with Crippen molar-refractivity contribution in [3.63, 3.8) is 0 Å². The van der Waals surface area contributed by atoms with Gasteiger partial charge in [0.25, 0.3) is 0 Å². The van der Waals surface area contributed by atoms with Gasteiger partial charge in [-0.05, 0) is 38.5 Å². The topological polar surface area (TPSA) is 60.4 Å². The highest BCUT2D eigenvalue weighted by Gasteiger charge is 2.06. The van der Waals surface area contributed by atoms with E-state index in [0.717, 1.165) is 70.6 Å². The molecule has 4 nitrogen and oxygen atoms in total. The van der Waals surface area contributed by atoms with Crippen LogP contribution in [0.1, 0.15) is 399 Å². The Morgan fingerprint density at radius 3 is 0.557 bits per heavy atom. The second-order valence-electron chi connectivity index (χ2n) is 22.8. The molecule has 70 heavy (non-hydrogen) atoms. The zero-order valence-electron chi connectivity index (χ0n) is 48.3. The molecule has 0 aromatic heterocycles. The Morgan fingerprint density at radius 1 is 0.200 bits per heavy atom. The average Bonchev–Trinajstić information content (AvgIpc) is 3.36. The number of unbranched alkanes of at least 4 members (excludes halogenated alkanes) is 51. The predicted octanol–water partition coefficient (Wildman–Crippen LogP) is 23.1. The van der Waals surface area contributed by atoms with Gasteiger partial charge >= 0.3 is 5.97 Å². The first-order valence-electron chi connectivity index (χ1n) is 32.8. The normalized spacial score (nSPS) is 11.5. The quantitative estimate of drug-likeness (QED) is 0.0450. The van der Waals surface area contributed by atoms with Crippen molar-refractivity contribution in [1.82, 2.24) is 0 Å². The molecule has 0 unspecified atom stereocenters. The number of hydrogen-bond donors (Lipinski definition) is 0. The lowest BCUT2D eigenvalue weighted by atomic mass is 10.0. The summed E-state index contributed by atoms with van der Waals surface area (Å²) in [7, 11) is 0. The fourth-order valence-corrected chi connectivity index (χ4v) is 10.6. The lowest BCUT2D eigenvalue weighted by Crippen LogP contribution is -2.05. The van der Waals surface area contributed by atoms with E-state index in [4.69, 9.17) is 4.74 Å². The monoisotopic (exact) mass is 985 g/mol. The number of esters is 1. The predicted molar refractivity (Wildman–Crippen MR) is 309 cm³/mol. The van der Waals surface area contributed by atoms with Crippen LogP contribution in [0.2, 0.25) is 0 Å². The largest absolute Gasteiger partial charge is 0.466 e. The van der Waals surface area contributed by atoms with Crippen LogP contribution in [0.5, 0.6) is 0 Å². The van der Waals surface area contributed by atoms with Crippen molar-refractivity contribution in [3.05, 3.63) is 0 Å². The van der Waals surface area contributed by atoms with Crippen LogP contribution in [0.3, 0.4) is 0 Å². The van der Waals surface area contributed by atoms with Crippen LogP contribution in [0.4, 0.5) is 0 Å². The maximum Gasteiger partial charge on any atom is 0.305 e. The van der Waals surface area contributed by atoms with Crippen molar-refractivity contribution in [3.8, 4) is 0 Å². The zero-order chi connectivity index (χ0) is 50.6. The molecular weight excluding hydrogens is 857 g/mol. The first kappa shape index (κ1) is 68.8. The molecule has 0 N–H and O–H groups in total. The van der Waals surface area contributed by atoms with Crippen LogP contribution in [-0.4, -0.2) is 24.1 Å². The van der Waals surface area contributed by atoms with Gasteiger partial charge in [-0.15, -0.1) is 0 Å². The van der Waals surface area contributed by atoms with Crippen molar-refractivity contribution in [2.45, 2.75) is 399 Å². The van der Waals surface area contributed by atoms with E-state index in [9.17, 15) is 14.4 Å². The molecule has 0 spiro atoms. The van der Waals surface area contributed by atoms with Crippen LogP contribution in [0, 0.1) is 0 Å². The second-order valence-corrected chi connectivity index (χ2v) is 22.8. The highest BCUT2D eigenvalue weighted by molar-refractivity contribution is 5.78. The van der Waals surface area contributed by atoms with Crippen molar-refractivity contribution < 1.29 is 19.1 Å². The Bertz CT molecular complexity index is 1020. The molecule has 0 radical (unpaired) electrons. The summed E-state index contributed by atoms with van der Waals surface area (Å²) in [6.45, 7) is 5.18. The molecule has 0 rings (SSSR count). The van der Waals surface area contributed by atoms with E-state index in [0.29, 0.717) is 24.6 Å². The Labute approximate surface area is 440 Å². The number of carbonyl (C=O) groups excluding carboxylic acids is 3. The second kappa shape index (κ2) is 62.1. The summed E-state index contributed by atoms with van der Waals surface area (Å²) in [5.41, 5.74) is 0. The fourth-order valence-electron chi connectivity index (χ4n) is 10.6. The highest BCUT2D eigenvalue weighted by atomic mass is 16.5. The third-order valence-corrected chi connectivity index (χ3v) is 15.6. The van der Waals surface area contributed by atoms with E-state index in [2.05, 4.69) is 13.8 Å². The number of Topliss-reactive ketones (excluding diaryl/α,β-unsaturated/α-hetero) is 2. The Kier molecular flexibility index (Phi) is 61.1. The molecule has 0 atom stereocenters. The molecular formula is C66H128O4. The zero-order valence-corrected chi connectivity index (χ0v) is 48.3. The van der Waals surface area contributed by atoms with Crippen LogP contribution in [0.25, 0.3) is 0 Å². The Balaban J connectivity index is 3.25. The standard InChI is InChI=1S/C66H128O4/c1-3-5-7-9-11-13-15-17-19-21-23-27-31-35-40-46-52-58-64(67)59-53-47-42-37-33-29-25-26-30-34-38-45-51-57-63-70-66(69)62-56-50-44-39-43-49-55-61-65(68)60-54-48-41-36-32-28-24-22-20-18-16-14-12-10-8-6-4-2/h3-63H2,1-2H3. The third-order valence-electron chi connectivity index (χ3n) is 15.6. The number of carbonyl (C=O) groups is 3. The van der Waals surface area contributed by atoms with Crippen LogP contribution >= 0.6 is 0 Å². The van der Waals surface area contributed by atoms with Gasteiger partial charge < -0.3 is 4.74 Å². The van der Waals surface area contributed by atoms with E-state index in [-0.39, 0.29) is 5.97 Å². The Morgan fingerprint density at radius 2 is 0.357 bits per heavy atom. The summed E-state index contributed by atoms with van der Waals surface area (Å²) in [5.74, 6) is 0.971. The molecule has 0 bridgehead atoms. The summed E-state index contributed by atoms with van der Waals surface area (Å²) in [4.78, 5) is 36.7. The smallest absolute Gasteiger partial charge is 0.305 e. The number of hydrogen-bond acceptors (Lipinski definition) is 4. The first-order valence-corrected chi connectivity index (χ1v) is 32.8. The van der Waals surface area contributed by atoms with Crippen LogP contribution in [0.15, 0.2) is 0 Å². The molecule has 0 fully saturated rings. The van der Waals surface area contributed by atoms with Crippen molar-refractivity contribution in [2.75, 3.05) is 6.61 Å². The molecule has 4 heteroatoms. The van der Waals surface area contributed by atoms with Crippen LogP contribution < -0.4 is 0 Å². The van der Waals surface area contributed by atoms with Gasteiger partial charge in [0.15, 0.2) is 0 Å². The SMILES string of the molecule is CCCCCCCCCCCCCCCCCCCC(=O)CCCCCCCCCCCCCCCCOC(=O)CCCCCCCCCC(=O)CCCCCCCCCCCCCCCCCCC. The van der Waals surface area contributed by atoms with Gasteiger partial charge in [0.1, 0.15) is 11.6 Å². The van der Waals surface area contributed by atoms with E-state index in [1.807, 2.05) is 0 Å². The molecule has 0 aliphatic rings. The van der Waals surface area contributed by atoms with Gasteiger partial charge in [-0.1, -0.05) is 328 Å².